The maximum absolute atomic E-state index is 5.69. The van der Waals surface area contributed by atoms with E-state index in [0.717, 1.165) is 19.5 Å². The molecular weight excluding hydrogens is 220 g/mol. The van der Waals surface area contributed by atoms with Crippen molar-refractivity contribution in [2.75, 3.05) is 13.1 Å². The van der Waals surface area contributed by atoms with Crippen molar-refractivity contribution in [2.24, 2.45) is 5.73 Å². The molecule has 0 amide bonds. The summed E-state index contributed by atoms with van der Waals surface area (Å²) >= 11 is 0. The Labute approximate surface area is 111 Å². The number of hydrogen-bond acceptors (Lipinski definition) is 2. The summed E-state index contributed by atoms with van der Waals surface area (Å²) in [6.45, 7) is 8.67. The first-order valence-electron chi connectivity index (χ1n) is 7.06. The second-order valence-corrected chi connectivity index (χ2v) is 6.41. The van der Waals surface area contributed by atoms with Crippen LogP contribution in [0.15, 0.2) is 24.3 Å². The quantitative estimate of drug-likeness (QED) is 0.860. The topological polar surface area (TPSA) is 38.0 Å². The fourth-order valence-electron chi connectivity index (χ4n) is 2.88. The van der Waals surface area contributed by atoms with Crippen LogP contribution in [0.3, 0.4) is 0 Å². The Morgan fingerprint density at radius 2 is 1.89 bits per heavy atom. The monoisotopic (exact) mass is 246 g/mol. The van der Waals surface area contributed by atoms with E-state index in [0.29, 0.717) is 12.0 Å². The van der Waals surface area contributed by atoms with E-state index in [2.05, 4.69) is 50.4 Å². The molecular formula is C16H26N2. The lowest BCUT2D eigenvalue weighted by atomic mass is 9.84. The number of nitrogens with one attached hydrogen (secondary N) is 1. The molecule has 2 atom stereocenters. The highest BCUT2D eigenvalue weighted by molar-refractivity contribution is 5.31. The van der Waals surface area contributed by atoms with E-state index in [-0.39, 0.29) is 5.41 Å². The highest BCUT2D eigenvalue weighted by atomic mass is 15.0. The van der Waals surface area contributed by atoms with E-state index in [1.807, 2.05) is 0 Å². The third-order valence-corrected chi connectivity index (χ3v) is 4.03. The van der Waals surface area contributed by atoms with Crippen LogP contribution < -0.4 is 11.1 Å². The van der Waals surface area contributed by atoms with Gasteiger partial charge in [0.05, 0.1) is 0 Å². The van der Waals surface area contributed by atoms with Crippen LogP contribution in [0.1, 0.15) is 50.7 Å². The summed E-state index contributed by atoms with van der Waals surface area (Å²) in [5, 5.41) is 3.57. The molecule has 18 heavy (non-hydrogen) atoms. The zero-order valence-corrected chi connectivity index (χ0v) is 11.9. The van der Waals surface area contributed by atoms with Crippen LogP contribution >= 0.6 is 0 Å². The van der Waals surface area contributed by atoms with Gasteiger partial charge in [0.15, 0.2) is 0 Å². The van der Waals surface area contributed by atoms with Crippen molar-refractivity contribution in [1.82, 2.24) is 5.32 Å². The van der Waals surface area contributed by atoms with E-state index in [9.17, 15) is 0 Å². The lowest BCUT2D eigenvalue weighted by Gasteiger charge is -2.22. The minimum atomic E-state index is 0.239. The first kappa shape index (κ1) is 13.6. The zero-order valence-electron chi connectivity index (χ0n) is 11.9. The molecule has 100 valence electrons. The van der Waals surface area contributed by atoms with Gasteiger partial charge in [0.1, 0.15) is 0 Å². The minimum Gasteiger partial charge on any atom is -0.330 e. The average Bonchev–Trinajstić information content (AvgIpc) is 2.77. The van der Waals surface area contributed by atoms with Gasteiger partial charge in [0, 0.05) is 12.0 Å². The van der Waals surface area contributed by atoms with Crippen LogP contribution in [-0.4, -0.2) is 19.1 Å². The second-order valence-electron chi connectivity index (χ2n) is 6.41. The molecule has 2 rings (SSSR count). The van der Waals surface area contributed by atoms with Gasteiger partial charge in [-0.3, -0.25) is 0 Å². The molecule has 0 bridgehead atoms. The van der Waals surface area contributed by atoms with Crippen LogP contribution in [0.25, 0.3) is 0 Å². The van der Waals surface area contributed by atoms with Crippen molar-refractivity contribution < 1.29 is 0 Å². The second kappa shape index (κ2) is 5.41. The fraction of sp³-hybridized carbons (Fsp3) is 0.625. The molecule has 0 aromatic heterocycles. The van der Waals surface area contributed by atoms with E-state index in [1.165, 1.54) is 17.5 Å². The van der Waals surface area contributed by atoms with E-state index in [4.69, 9.17) is 5.73 Å². The predicted octanol–water partition coefficient (Wildman–Crippen LogP) is 2.78. The summed E-state index contributed by atoms with van der Waals surface area (Å²) in [6.07, 6.45) is 2.31. The van der Waals surface area contributed by atoms with Crippen LogP contribution in [0.2, 0.25) is 0 Å². The summed E-state index contributed by atoms with van der Waals surface area (Å²) in [5.74, 6) is 0.641. The fourth-order valence-corrected chi connectivity index (χ4v) is 2.88. The molecule has 2 nitrogen and oxygen atoms in total. The first-order chi connectivity index (χ1) is 8.52. The highest BCUT2D eigenvalue weighted by Crippen LogP contribution is 2.31. The predicted molar refractivity (Wildman–Crippen MR) is 78.0 cm³/mol. The van der Waals surface area contributed by atoms with E-state index < -0.39 is 0 Å². The summed E-state index contributed by atoms with van der Waals surface area (Å²) in [4.78, 5) is 0. The Morgan fingerprint density at radius 1 is 1.22 bits per heavy atom. The lowest BCUT2D eigenvalue weighted by Crippen LogP contribution is -2.28. The van der Waals surface area contributed by atoms with Crippen LogP contribution in [0.4, 0.5) is 0 Å². The maximum Gasteiger partial charge on any atom is 0.0148 e. The summed E-state index contributed by atoms with van der Waals surface area (Å²) in [6, 6.07) is 9.75. The Morgan fingerprint density at radius 3 is 2.44 bits per heavy atom. The smallest absolute Gasteiger partial charge is 0.0148 e. The zero-order chi connectivity index (χ0) is 13.2. The normalized spacial score (nSPS) is 24.4. The number of hydrogen-bond donors (Lipinski definition) is 2. The van der Waals surface area contributed by atoms with Crippen molar-refractivity contribution in [2.45, 2.75) is 51.0 Å². The molecule has 3 N–H and O–H groups in total. The number of rotatable bonds is 3. The Balaban J connectivity index is 2.14. The molecule has 2 unspecified atom stereocenters. The standard InChI is InChI=1S/C16H26N2/c1-16(2,3)13-6-4-12(5-7-13)14-9-11-18-15(14)8-10-17/h4-7,14-15,18H,8-11,17H2,1-3H3. The third kappa shape index (κ3) is 2.93. The van der Waals surface area contributed by atoms with Gasteiger partial charge in [0.25, 0.3) is 0 Å². The highest BCUT2D eigenvalue weighted by Gasteiger charge is 2.27. The van der Waals surface area contributed by atoms with Gasteiger partial charge in [-0.15, -0.1) is 0 Å². The molecule has 1 saturated heterocycles. The van der Waals surface area contributed by atoms with Crippen molar-refractivity contribution in [3.05, 3.63) is 35.4 Å². The summed E-state index contributed by atoms with van der Waals surface area (Å²) in [7, 11) is 0. The SMILES string of the molecule is CC(C)(C)c1ccc(C2CCNC2CCN)cc1. The molecule has 0 aliphatic carbocycles. The molecule has 2 heteroatoms. The Kier molecular flexibility index (Phi) is 4.08. The maximum atomic E-state index is 5.69. The Hall–Kier alpha value is -0.860. The molecule has 0 spiro atoms. The van der Waals surface area contributed by atoms with Gasteiger partial charge >= 0.3 is 0 Å². The molecule has 0 radical (unpaired) electrons. The van der Waals surface area contributed by atoms with Gasteiger partial charge in [-0.25, -0.2) is 0 Å². The summed E-state index contributed by atoms with van der Waals surface area (Å²) in [5.41, 5.74) is 8.80. The van der Waals surface area contributed by atoms with E-state index >= 15 is 0 Å². The van der Waals surface area contributed by atoms with Gasteiger partial charge < -0.3 is 11.1 Å². The average molecular weight is 246 g/mol. The van der Waals surface area contributed by atoms with Gasteiger partial charge in [-0.2, -0.15) is 0 Å². The molecule has 1 fully saturated rings. The molecule has 1 aliphatic rings. The van der Waals surface area contributed by atoms with Crippen molar-refractivity contribution in [1.29, 1.82) is 0 Å². The van der Waals surface area contributed by atoms with Gasteiger partial charge in [-0.05, 0) is 42.5 Å². The van der Waals surface area contributed by atoms with Crippen molar-refractivity contribution in [3.8, 4) is 0 Å². The molecule has 1 aromatic carbocycles. The molecule has 0 saturated carbocycles. The third-order valence-electron chi connectivity index (χ3n) is 4.03. The number of nitrogens with two attached hydrogens (primary N) is 1. The largest absolute Gasteiger partial charge is 0.330 e. The van der Waals surface area contributed by atoms with Gasteiger partial charge in [0.2, 0.25) is 0 Å². The van der Waals surface area contributed by atoms with E-state index in [1.54, 1.807) is 0 Å². The van der Waals surface area contributed by atoms with Crippen molar-refractivity contribution in [3.63, 3.8) is 0 Å². The molecule has 1 heterocycles. The van der Waals surface area contributed by atoms with Crippen LogP contribution in [0.5, 0.6) is 0 Å². The van der Waals surface area contributed by atoms with Crippen LogP contribution in [-0.2, 0) is 5.41 Å². The first-order valence-corrected chi connectivity index (χ1v) is 7.06. The van der Waals surface area contributed by atoms with Crippen LogP contribution in [0, 0.1) is 0 Å². The summed E-state index contributed by atoms with van der Waals surface area (Å²) < 4.78 is 0. The lowest BCUT2D eigenvalue weighted by molar-refractivity contribution is 0.515. The van der Waals surface area contributed by atoms with Gasteiger partial charge in [-0.1, -0.05) is 45.0 Å². The Bertz CT molecular complexity index is 375. The molecule has 1 aromatic rings. The minimum absolute atomic E-state index is 0.239. The number of benzene rings is 1. The van der Waals surface area contributed by atoms with Crippen molar-refractivity contribution >= 4 is 0 Å². The molecule has 1 aliphatic heterocycles.